The zero-order chi connectivity index (χ0) is 23.0. The smallest absolute Gasteiger partial charge is 0.344 e. The first kappa shape index (κ1) is 21.4. The van der Waals surface area contributed by atoms with E-state index in [2.05, 4.69) is 24.4 Å². The fourth-order valence-corrected chi connectivity index (χ4v) is 4.46. The summed E-state index contributed by atoms with van der Waals surface area (Å²) in [5.41, 5.74) is 2.20. The van der Waals surface area contributed by atoms with Crippen LogP contribution in [0.1, 0.15) is 30.1 Å². The molecule has 0 saturated carbocycles. The first-order valence-corrected chi connectivity index (χ1v) is 10.8. The second-order valence-corrected chi connectivity index (χ2v) is 8.30. The molecule has 4 heterocycles. The van der Waals surface area contributed by atoms with E-state index in [-0.39, 0.29) is 5.56 Å². The molecule has 2 aromatic rings. The third-order valence-corrected chi connectivity index (χ3v) is 6.18. The summed E-state index contributed by atoms with van der Waals surface area (Å²) in [6.07, 6.45) is 2.86. The highest BCUT2D eigenvalue weighted by atomic mass is 19.4. The van der Waals surface area contributed by atoms with Crippen molar-refractivity contribution >= 4 is 0 Å². The van der Waals surface area contributed by atoms with E-state index in [0.717, 1.165) is 49.5 Å². The van der Waals surface area contributed by atoms with Crippen LogP contribution in [-0.4, -0.2) is 37.5 Å². The highest BCUT2D eigenvalue weighted by Gasteiger charge is 2.30. The van der Waals surface area contributed by atoms with Crippen molar-refractivity contribution in [1.29, 1.82) is 0 Å². The lowest BCUT2D eigenvalue weighted by atomic mass is 10.0. The molecule has 0 bridgehead atoms. The number of piperidine rings is 1. The van der Waals surface area contributed by atoms with Crippen molar-refractivity contribution in [1.82, 2.24) is 24.4 Å². The van der Waals surface area contributed by atoms with Crippen LogP contribution in [0.3, 0.4) is 0 Å². The maximum atomic E-state index is 12.8. The number of nitrogens with one attached hydrogen (secondary N) is 1. The van der Waals surface area contributed by atoms with Gasteiger partial charge >= 0.3 is 6.18 Å². The largest absolute Gasteiger partial charge is 0.416 e. The van der Waals surface area contributed by atoms with Crippen molar-refractivity contribution in [3.05, 3.63) is 82.7 Å². The third kappa shape index (κ3) is 4.41. The summed E-state index contributed by atoms with van der Waals surface area (Å²) >= 11 is 0. The van der Waals surface area contributed by atoms with Gasteiger partial charge in [0.05, 0.1) is 16.8 Å². The number of alkyl halides is 3. The van der Waals surface area contributed by atoms with E-state index >= 15 is 0 Å². The fourth-order valence-electron chi connectivity index (χ4n) is 4.46. The Hall–Kier alpha value is -3.46. The molecule has 170 valence electrons. The minimum Gasteiger partial charge on any atom is -0.344 e. The van der Waals surface area contributed by atoms with Crippen LogP contribution < -0.4 is 5.56 Å². The van der Waals surface area contributed by atoms with E-state index in [9.17, 15) is 18.0 Å². The van der Waals surface area contributed by atoms with Crippen molar-refractivity contribution < 1.29 is 13.2 Å². The van der Waals surface area contributed by atoms with Gasteiger partial charge in [0.1, 0.15) is 5.82 Å². The first-order valence-electron chi connectivity index (χ1n) is 10.8. The van der Waals surface area contributed by atoms with Gasteiger partial charge in [-0.1, -0.05) is 12.1 Å². The second-order valence-electron chi connectivity index (χ2n) is 8.30. The van der Waals surface area contributed by atoms with Crippen LogP contribution >= 0.6 is 0 Å². The molecule has 9 heteroatoms. The van der Waals surface area contributed by atoms with Crippen LogP contribution in [0.2, 0.25) is 0 Å². The van der Waals surface area contributed by atoms with E-state index in [4.69, 9.17) is 0 Å². The summed E-state index contributed by atoms with van der Waals surface area (Å²) in [6, 6.07) is 10.9. The van der Waals surface area contributed by atoms with Gasteiger partial charge in [-0.25, -0.2) is 9.97 Å². The van der Waals surface area contributed by atoms with Gasteiger partial charge in [-0.15, -0.1) is 0 Å². The number of imidazole rings is 1. The number of aromatic amines is 1. The third-order valence-electron chi connectivity index (χ3n) is 6.18. The number of pyridine rings is 2. The Bertz CT molecular complexity index is 1270. The Morgan fingerprint density at radius 3 is 2.52 bits per heavy atom. The highest BCUT2D eigenvalue weighted by molar-refractivity contribution is 5.59. The standard InChI is InChI=1S/C24H22F3N5O/c25-24(26,27)17-5-3-16(4-6-17)22-29-14-18(30-22)15-31-12-8-19(9-13-31)32-11-1-2-20-21(32)7-10-28-23(20)33/h1-7,10-11,14,19H,8-9,12-13,15H2,(H,29,30). The molecular formula is C24H22F3N5O. The first-order chi connectivity index (χ1) is 15.9. The quantitative estimate of drug-likeness (QED) is 0.491. The van der Waals surface area contributed by atoms with Crippen molar-refractivity contribution in [2.45, 2.75) is 31.6 Å². The Morgan fingerprint density at radius 1 is 1.03 bits per heavy atom. The van der Waals surface area contributed by atoms with Crippen LogP contribution in [0.5, 0.6) is 0 Å². The summed E-state index contributed by atoms with van der Waals surface area (Å²) in [7, 11) is 0. The monoisotopic (exact) mass is 453 g/mol. The second kappa shape index (κ2) is 8.47. The van der Waals surface area contributed by atoms with Gasteiger partial charge in [0.25, 0.3) is 5.56 Å². The number of H-pyrrole nitrogens is 1. The van der Waals surface area contributed by atoms with E-state index < -0.39 is 11.7 Å². The summed E-state index contributed by atoms with van der Waals surface area (Å²) < 4.78 is 40.5. The lowest BCUT2D eigenvalue weighted by Gasteiger charge is -2.34. The zero-order valence-electron chi connectivity index (χ0n) is 17.7. The molecule has 1 N–H and O–H groups in total. The lowest BCUT2D eigenvalue weighted by Crippen LogP contribution is -2.34. The van der Waals surface area contributed by atoms with Gasteiger partial charge in [-0.3, -0.25) is 9.69 Å². The Morgan fingerprint density at radius 2 is 1.79 bits per heavy atom. The van der Waals surface area contributed by atoms with Crippen LogP contribution in [-0.2, 0) is 12.7 Å². The van der Waals surface area contributed by atoms with Crippen LogP contribution in [0, 0.1) is 0 Å². The summed E-state index contributed by atoms with van der Waals surface area (Å²) in [5, 5.41) is 0. The molecule has 0 aliphatic carbocycles. The van der Waals surface area contributed by atoms with Crippen molar-refractivity contribution in [2.75, 3.05) is 13.1 Å². The Balaban J connectivity index is 1.22. The molecule has 1 saturated heterocycles. The number of halogens is 3. The van der Waals surface area contributed by atoms with E-state index in [1.54, 1.807) is 12.4 Å². The predicted molar refractivity (Wildman–Crippen MR) is 118 cm³/mol. The minimum absolute atomic E-state index is 0.206. The van der Waals surface area contributed by atoms with Gasteiger partial charge in [0.2, 0.25) is 0 Å². The number of hydrogen-bond acceptors (Lipinski definition) is 4. The molecule has 1 aromatic carbocycles. The van der Waals surface area contributed by atoms with Gasteiger partial charge in [0.15, 0.2) is 0 Å². The highest BCUT2D eigenvalue weighted by Crippen LogP contribution is 2.31. The molecule has 3 aliphatic heterocycles. The molecule has 3 aliphatic rings. The predicted octanol–water partition coefficient (Wildman–Crippen LogP) is 4.59. The molecular weight excluding hydrogens is 431 g/mol. The topological polar surface area (TPSA) is 66.8 Å². The van der Waals surface area contributed by atoms with E-state index in [0.29, 0.717) is 29.5 Å². The summed E-state index contributed by atoms with van der Waals surface area (Å²) in [4.78, 5) is 25.8. The van der Waals surface area contributed by atoms with Gasteiger partial charge in [-0.05, 0) is 43.2 Å². The van der Waals surface area contributed by atoms with Gasteiger partial charge in [-0.2, -0.15) is 13.2 Å². The van der Waals surface area contributed by atoms with Crippen LogP contribution in [0.25, 0.3) is 22.6 Å². The number of likely N-dealkylation sites (tertiary alicyclic amines) is 1. The number of nitrogens with zero attached hydrogens (tertiary/aromatic N) is 4. The number of hydrogen-bond donors (Lipinski definition) is 1. The maximum absolute atomic E-state index is 12.8. The normalized spacial score (nSPS) is 15.8. The minimum atomic E-state index is -4.35. The molecule has 0 amide bonds. The van der Waals surface area contributed by atoms with E-state index in [1.165, 1.54) is 12.1 Å². The van der Waals surface area contributed by atoms with Crippen molar-refractivity contribution in [2.24, 2.45) is 0 Å². The molecule has 0 atom stereocenters. The molecule has 0 unspecified atom stereocenters. The molecule has 6 nitrogen and oxygen atoms in total. The van der Waals surface area contributed by atoms with Crippen molar-refractivity contribution in [3.63, 3.8) is 0 Å². The summed E-state index contributed by atoms with van der Waals surface area (Å²) in [5.74, 6) is 0.557. The molecule has 0 radical (unpaired) electrons. The number of fused-ring (bicyclic) bond motifs is 1. The lowest BCUT2D eigenvalue weighted by molar-refractivity contribution is -0.137. The van der Waals surface area contributed by atoms with Crippen LogP contribution in [0.4, 0.5) is 13.2 Å². The molecule has 1 fully saturated rings. The van der Waals surface area contributed by atoms with Crippen LogP contribution in [0.15, 0.2) is 65.8 Å². The number of benzene rings is 1. The Kier molecular flexibility index (Phi) is 5.49. The maximum Gasteiger partial charge on any atom is 0.416 e. The average Bonchev–Trinajstić information content (AvgIpc) is 3.28. The Labute approximate surface area is 188 Å². The van der Waals surface area contributed by atoms with Crippen molar-refractivity contribution in [3.8, 4) is 22.6 Å². The fraction of sp³-hybridized carbons (Fsp3) is 0.292. The van der Waals surface area contributed by atoms with Gasteiger partial charge < -0.3 is 9.55 Å². The number of rotatable bonds is 4. The number of aromatic nitrogens is 4. The molecule has 1 aromatic heterocycles. The molecule has 0 spiro atoms. The molecule has 33 heavy (non-hydrogen) atoms. The average molecular weight is 453 g/mol. The molecule has 5 rings (SSSR count). The SMILES string of the molecule is O=c1nccc2n(C3CCN(Cc4cnc(-c5ccc(C(F)(F)F)cc5)[nH]4)CC3)cccc1-2. The van der Waals surface area contributed by atoms with E-state index in [1.807, 2.05) is 24.4 Å². The summed E-state index contributed by atoms with van der Waals surface area (Å²) in [6.45, 7) is 2.46. The van der Waals surface area contributed by atoms with Gasteiger partial charge in [0, 0.05) is 55.5 Å². The zero-order valence-corrected chi connectivity index (χ0v) is 17.7.